The summed E-state index contributed by atoms with van der Waals surface area (Å²) < 4.78 is 0. The van der Waals surface area contributed by atoms with Crippen LogP contribution in [0.15, 0.2) is 23.1 Å². The predicted molar refractivity (Wildman–Crippen MR) is 127 cm³/mol. The normalized spacial score (nSPS) is 12.3. The summed E-state index contributed by atoms with van der Waals surface area (Å²) in [4.78, 5) is 10.7. The minimum Gasteiger partial charge on any atom is -0.508 e. The van der Waals surface area contributed by atoms with E-state index in [-0.39, 0.29) is 11.8 Å². The van der Waals surface area contributed by atoms with Gasteiger partial charge in [-0.1, -0.05) is 69.2 Å². The number of carboxylic acids is 1. The van der Waals surface area contributed by atoms with Crippen molar-refractivity contribution in [1.82, 2.24) is 0 Å². The van der Waals surface area contributed by atoms with Gasteiger partial charge in [0, 0.05) is 16.9 Å². The molecule has 0 saturated carbocycles. The Bertz CT molecular complexity index is 597. The van der Waals surface area contributed by atoms with Crippen molar-refractivity contribution in [1.29, 1.82) is 0 Å². The average molecular weight is 427 g/mol. The fourth-order valence-electron chi connectivity index (χ4n) is 3.91. The molecule has 0 fully saturated rings. The van der Waals surface area contributed by atoms with E-state index < -0.39 is 14.0 Å². The smallest absolute Gasteiger partial charge is 0.303 e. The number of carbonyl (C=O) groups is 1. The van der Waals surface area contributed by atoms with Gasteiger partial charge in [-0.3, -0.25) is 4.79 Å². The van der Waals surface area contributed by atoms with Gasteiger partial charge in [0.15, 0.2) is 0 Å². The van der Waals surface area contributed by atoms with E-state index >= 15 is 0 Å². The lowest BCUT2D eigenvalue weighted by molar-refractivity contribution is -0.136. The number of phenolic OH excluding ortho intramolecular Hbond substituents is 1. The minimum absolute atomic E-state index is 0.0245. The van der Waals surface area contributed by atoms with Crippen molar-refractivity contribution in [3.63, 3.8) is 0 Å². The van der Waals surface area contributed by atoms with E-state index in [0.29, 0.717) is 5.75 Å². The van der Waals surface area contributed by atoms with Gasteiger partial charge < -0.3 is 10.2 Å². The van der Waals surface area contributed by atoms with Crippen LogP contribution in [-0.4, -0.2) is 29.6 Å². The molecule has 0 aromatic heterocycles. The molecule has 0 spiro atoms. The van der Waals surface area contributed by atoms with Crippen LogP contribution >= 0.6 is 11.8 Å². The molecule has 0 radical (unpaired) electrons. The number of phenols is 1. The molecular formula is C23H42O3SSi. The van der Waals surface area contributed by atoms with Gasteiger partial charge in [0.05, 0.1) is 8.07 Å². The lowest BCUT2D eigenvalue weighted by atomic mass is 9.86. The highest BCUT2D eigenvalue weighted by molar-refractivity contribution is 8.01. The Morgan fingerprint density at radius 2 is 1.46 bits per heavy atom. The Hall–Kier alpha value is -0.943. The van der Waals surface area contributed by atoms with Crippen LogP contribution in [0.1, 0.15) is 81.2 Å². The van der Waals surface area contributed by atoms with E-state index in [1.165, 1.54) is 10.3 Å². The topological polar surface area (TPSA) is 57.5 Å². The van der Waals surface area contributed by atoms with E-state index in [9.17, 15) is 9.90 Å². The van der Waals surface area contributed by atoms with Crippen LogP contribution in [0.5, 0.6) is 5.75 Å². The van der Waals surface area contributed by atoms with E-state index in [4.69, 9.17) is 5.11 Å². The summed E-state index contributed by atoms with van der Waals surface area (Å²) in [7, 11) is -1.39. The molecule has 28 heavy (non-hydrogen) atoms. The van der Waals surface area contributed by atoms with E-state index in [1.54, 1.807) is 6.92 Å². The number of rotatable bonds is 7. The number of aromatic hydroxyl groups is 1. The summed E-state index contributed by atoms with van der Waals surface area (Å²) in [5, 5.41) is 19.1. The fourth-order valence-corrected chi connectivity index (χ4v) is 13.9. The first-order chi connectivity index (χ1) is 12.7. The second-order valence-corrected chi connectivity index (χ2v) is 17.1. The summed E-state index contributed by atoms with van der Waals surface area (Å²) >= 11 is 2.00. The molecule has 0 unspecified atom stereocenters. The zero-order chi connectivity index (χ0) is 22.3. The number of hydrogen-bond acceptors (Lipinski definition) is 3. The largest absolute Gasteiger partial charge is 0.508 e. The lowest BCUT2D eigenvalue weighted by Crippen LogP contribution is -2.47. The zero-order valence-electron chi connectivity index (χ0n) is 19.6. The molecule has 1 rings (SSSR count). The molecule has 0 atom stereocenters. The van der Waals surface area contributed by atoms with Gasteiger partial charge in [-0.15, -0.1) is 11.8 Å². The number of thioether (sulfide) groups is 1. The van der Waals surface area contributed by atoms with Crippen LogP contribution in [0.4, 0.5) is 0 Å². The third-order valence-electron chi connectivity index (χ3n) is 5.79. The molecule has 0 saturated heterocycles. The Balaban J connectivity index is 0.00000129. The van der Waals surface area contributed by atoms with Crippen LogP contribution in [0.3, 0.4) is 0 Å². The van der Waals surface area contributed by atoms with Gasteiger partial charge in [0.2, 0.25) is 0 Å². The minimum atomic E-state index is -1.39. The van der Waals surface area contributed by atoms with Crippen LogP contribution < -0.4 is 0 Å². The van der Waals surface area contributed by atoms with Gasteiger partial charge in [0.1, 0.15) is 5.75 Å². The Kier molecular flexibility index (Phi) is 10.9. The highest BCUT2D eigenvalue weighted by atomic mass is 32.2. The SMILES string of the molecule is CC(C)[Si](CSc1ccc(O)c(C(C)(C)C)c1)(C(C)C)C(C)C.CCC(=O)O. The second-order valence-electron chi connectivity index (χ2n) is 9.54. The highest BCUT2D eigenvalue weighted by Gasteiger charge is 2.42. The van der Waals surface area contributed by atoms with E-state index in [0.717, 1.165) is 22.2 Å². The number of carboxylic acid groups (broad SMARTS) is 1. The molecule has 1 aromatic carbocycles. The molecule has 3 nitrogen and oxygen atoms in total. The van der Waals surface area contributed by atoms with Gasteiger partial charge in [0.25, 0.3) is 0 Å². The Labute approximate surface area is 178 Å². The van der Waals surface area contributed by atoms with E-state index in [1.807, 2.05) is 17.8 Å². The van der Waals surface area contributed by atoms with Crippen molar-refractivity contribution in [2.24, 2.45) is 0 Å². The van der Waals surface area contributed by atoms with Crippen LogP contribution in [0.2, 0.25) is 16.6 Å². The quantitative estimate of drug-likeness (QED) is 0.350. The molecule has 0 amide bonds. The molecular weight excluding hydrogens is 384 g/mol. The summed E-state index contributed by atoms with van der Waals surface area (Å²) in [6.45, 7) is 22.6. The summed E-state index contributed by atoms with van der Waals surface area (Å²) in [6, 6.07) is 6.14. The Morgan fingerprint density at radius 3 is 1.79 bits per heavy atom. The molecule has 162 valence electrons. The third-order valence-corrected chi connectivity index (χ3v) is 15.4. The summed E-state index contributed by atoms with van der Waals surface area (Å²) in [5.74, 6) is -0.327. The maximum Gasteiger partial charge on any atom is 0.303 e. The van der Waals surface area contributed by atoms with Gasteiger partial charge in [-0.2, -0.15) is 0 Å². The summed E-state index contributed by atoms with van der Waals surface area (Å²) in [6.07, 6.45) is 0.222. The highest BCUT2D eigenvalue weighted by Crippen LogP contribution is 2.45. The standard InChI is InChI=1S/C20H36OSSi.C3H6O2/c1-14(2)23(15(3)4,16(5)6)13-22-17-10-11-19(21)18(12-17)20(7,8)9;1-2-3(4)5/h10-12,14-16,21H,13H2,1-9H3;2H2,1H3,(H,4,5). The lowest BCUT2D eigenvalue weighted by Gasteiger charge is -2.43. The molecule has 0 aliphatic carbocycles. The van der Waals surface area contributed by atoms with Crippen LogP contribution in [0, 0.1) is 0 Å². The van der Waals surface area contributed by atoms with E-state index in [2.05, 4.69) is 74.4 Å². The molecule has 0 heterocycles. The first-order valence-electron chi connectivity index (χ1n) is 10.4. The zero-order valence-corrected chi connectivity index (χ0v) is 21.4. The van der Waals surface area contributed by atoms with Gasteiger partial charge in [-0.25, -0.2) is 0 Å². The number of benzene rings is 1. The molecule has 5 heteroatoms. The van der Waals surface area contributed by atoms with Crippen molar-refractivity contribution in [2.45, 2.75) is 103 Å². The maximum atomic E-state index is 10.2. The Morgan fingerprint density at radius 1 is 1.04 bits per heavy atom. The first-order valence-corrected chi connectivity index (χ1v) is 13.8. The number of aliphatic carboxylic acids is 1. The van der Waals surface area contributed by atoms with Crippen LogP contribution in [0.25, 0.3) is 0 Å². The molecule has 0 aliphatic heterocycles. The van der Waals surface area contributed by atoms with Crippen molar-refractivity contribution in [3.8, 4) is 5.75 Å². The average Bonchev–Trinajstić information content (AvgIpc) is 2.55. The third kappa shape index (κ3) is 7.47. The molecule has 0 bridgehead atoms. The first kappa shape index (κ1) is 27.1. The van der Waals surface area contributed by atoms with Crippen molar-refractivity contribution in [2.75, 3.05) is 5.38 Å². The monoisotopic (exact) mass is 426 g/mol. The maximum absolute atomic E-state index is 10.2. The second kappa shape index (κ2) is 11.3. The predicted octanol–water partition coefficient (Wildman–Crippen LogP) is 7.48. The van der Waals surface area contributed by atoms with Crippen molar-refractivity contribution >= 4 is 25.8 Å². The molecule has 1 aromatic rings. The molecule has 0 aliphatic rings. The van der Waals surface area contributed by atoms with Crippen LogP contribution in [-0.2, 0) is 10.2 Å². The fraction of sp³-hybridized carbons (Fsp3) is 0.696. The van der Waals surface area contributed by atoms with Gasteiger partial charge in [-0.05, 0) is 45.6 Å². The summed E-state index contributed by atoms with van der Waals surface area (Å²) in [5.41, 5.74) is 3.38. The number of hydrogen-bond donors (Lipinski definition) is 2. The van der Waals surface area contributed by atoms with Crippen molar-refractivity contribution < 1.29 is 15.0 Å². The van der Waals surface area contributed by atoms with Crippen molar-refractivity contribution in [3.05, 3.63) is 23.8 Å². The molecule has 2 N–H and O–H groups in total. The van der Waals surface area contributed by atoms with Gasteiger partial charge >= 0.3 is 5.97 Å².